The van der Waals surface area contributed by atoms with E-state index in [1.165, 1.54) is 5.56 Å². The Morgan fingerprint density at radius 3 is 2.24 bits per heavy atom. The Labute approximate surface area is 100 Å². The SMILES string of the molecule is OC1CC(c2ccc(-c3ncccn3)cc2)C1. The zero-order chi connectivity index (χ0) is 11.7. The van der Waals surface area contributed by atoms with E-state index in [0.717, 1.165) is 24.2 Å². The molecule has 0 spiro atoms. The van der Waals surface area contributed by atoms with E-state index in [9.17, 15) is 5.11 Å². The maximum atomic E-state index is 9.29. The molecule has 0 bridgehead atoms. The van der Waals surface area contributed by atoms with Crippen LogP contribution in [0, 0.1) is 0 Å². The smallest absolute Gasteiger partial charge is 0.159 e. The Morgan fingerprint density at radius 1 is 1.00 bits per heavy atom. The second-order valence-corrected chi connectivity index (χ2v) is 4.52. The molecule has 0 atom stereocenters. The Bertz CT molecular complexity index is 489. The van der Waals surface area contributed by atoms with Gasteiger partial charge in [-0.15, -0.1) is 0 Å². The topological polar surface area (TPSA) is 46.0 Å². The maximum absolute atomic E-state index is 9.29. The van der Waals surface area contributed by atoms with Crippen molar-refractivity contribution in [3.05, 3.63) is 48.3 Å². The van der Waals surface area contributed by atoms with Gasteiger partial charge in [-0.2, -0.15) is 0 Å². The normalized spacial score (nSPS) is 23.1. The summed E-state index contributed by atoms with van der Waals surface area (Å²) >= 11 is 0. The van der Waals surface area contributed by atoms with E-state index in [-0.39, 0.29) is 6.10 Å². The Hall–Kier alpha value is -1.74. The van der Waals surface area contributed by atoms with E-state index in [4.69, 9.17) is 0 Å². The van der Waals surface area contributed by atoms with Crippen molar-refractivity contribution in [3.8, 4) is 11.4 Å². The third-order valence-electron chi connectivity index (χ3n) is 3.32. The van der Waals surface area contributed by atoms with Gasteiger partial charge >= 0.3 is 0 Å². The van der Waals surface area contributed by atoms with Gasteiger partial charge in [0.15, 0.2) is 5.82 Å². The Balaban J connectivity index is 1.81. The summed E-state index contributed by atoms with van der Waals surface area (Å²) in [4.78, 5) is 8.44. The van der Waals surface area contributed by atoms with Crippen LogP contribution in [0.25, 0.3) is 11.4 Å². The van der Waals surface area contributed by atoms with E-state index < -0.39 is 0 Å². The van der Waals surface area contributed by atoms with Gasteiger partial charge in [-0.1, -0.05) is 24.3 Å². The lowest BCUT2D eigenvalue weighted by molar-refractivity contribution is 0.0746. The summed E-state index contributed by atoms with van der Waals surface area (Å²) in [5.74, 6) is 1.28. The van der Waals surface area contributed by atoms with Gasteiger partial charge in [0.05, 0.1) is 6.10 Å². The molecule has 17 heavy (non-hydrogen) atoms. The average molecular weight is 226 g/mol. The molecule has 86 valence electrons. The molecule has 2 aromatic rings. The molecule has 1 fully saturated rings. The van der Waals surface area contributed by atoms with Crippen molar-refractivity contribution in [2.75, 3.05) is 0 Å². The van der Waals surface area contributed by atoms with Gasteiger partial charge in [-0.25, -0.2) is 9.97 Å². The summed E-state index contributed by atoms with van der Waals surface area (Å²) in [6, 6.07) is 10.1. The third-order valence-corrected chi connectivity index (χ3v) is 3.32. The van der Waals surface area contributed by atoms with E-state index in [0.29, 0.717) is 5.92 Å². The number of aliphatic hydroxyl groups is 1. The molecule has 1 N–H and O–H groups in total. The van der Waals surface area contributed by atoms with E-state index in [1.807, 2.05) is 6.07 Å². The van der Waals surface area contributed by atoms with Crippen LogP contribution in [0.3, 0.4) is 0 Å². The van der Waals surface area contributed by atoms with Crippen LogP contribution in [-0.4, -0.2) is 21.2 Å². The van der Waals surface area contributed by atoms with Gasteiger partial charge in [0.25, 0.3) is 0 Å². The first-order valence-electron chi connectivity index (χ1n) is 5.88. The van der Waals surface area contributed by atoms with Crippen LogP contribution in [0.4, 0.5) is 0 Å². The average Bonchev–Trinajstić information content (AvgIpc) is 2.36. The first-order valence-corrected chi connectivity index (χ1v) is 5.88. The molecule has 0 unspecified atom stereocenters. The van der Waals surface area contributed by atoms with Crippen LogP contribution < -0.4 is 0 Å². The molecule has 1 aliphatic rings. The quantitative estimate of drug-likeness (QED) is 0.855. The molecule has 3 nitrogen and oxygen atoms in total. The van der Waals surface area contributed by atoms with Crippen molar-refractivity contribution < 1.29 is 5.11 Å². The van der Waals surface area contributed by atoms with Crippen molar-refractivity contribution in [1.29, 1.82) is 0 Å². The fraction of sp³-hybridized carbons (Fsp3) is 0.286. The second kappa shape index (κ2) is 4.26. The van der Waals surface area contributed by atoms with Crippen LogP contribution in [0.15, 0.2) is 42.7 Å². The third kappa shape index (κ3) is 2.06. The zero-order valence-corrected chi connectivity index (χ0v) is 9.45. The van der Waals surface area contributed by atoms with Gasteiger partial charge < -0.3 is 5.11 Å². The molecule has 0 saturated heterocycles. The van der Waals surface area contributed by atoms with Gasteiger partial charge in [0.2, 0.25) is 0 Å². The predicted molar refractivity (Wildman–Crippen MR) is 65.4 cm³/mol. The lowest BCUT2D eigenvalue weighted by Gasteiger charge is -2.31. The zero-order valence-electron chi connectivity index (χ0n) is 9.45. The van der Waals surface area contributed by atoms with Crippen molar-refractivity contribution in [2.24, 2.45) is 0 Å². The molecule has 1 aromatic carbocycles. The monoisotopic (exact) mass is 226 g/mol. The largest absolute Gasteiger partial charge is 0.393 e. The second-order valence-electron chi connectivity index (χ2n) is 4.52. The Kier molecular flexibility index (Phi) is 2.61. The van der Waals surface area contributed by atoms with Crippen molar-refractivity contribution in [3.63, 3.8) is 0 Å². The molecule has 1 heterocycles. The summed E-state index contributed by atoms with van der Waals surface area (Å²) in [5, 5.41) is 9.29. The van der Waals surface area contributed by atoms with E-state index in [2.05, 4.69) is 34.2 Å². The van der Waals surface area contributed by atoms with Gasteiger partial charge in [-0.3, -0.25) is 0 Å². The summed E-state index contributed by atoms with van der Waals surface area (Å²) in [7, 11) is 0. The summed E-state index contributed by atoms with van der Waals surface area (Å²) in [6.45, 7) is 0. The van der Waals surface area contributed by atoms with Crippen LogP contribution in [-0.2, 0) is 0 Å². The maximum Gasteiger partial charge on any atom is 0.159 e. The summed E-state index contributed by atoms with van der Waals surface area (Å²) < 4.78 is 0. The minimum Gasteiger partial charge on any atom is -0.393 e. The molecular weight excluding hydrogens is 212 g/mol. The number of nitrogens with zero attached hydrogens (tertiary/aromatic N) is 2. The summed E-state index contributed by atoms with van der Waals surface area (Å²) in [5.41, 5.74) is 2.34. The first-order chi connectivity index (χ1) is 8.33. The number of hydrogen-bond donors (Lipinski definition) is 1. The molecule has 1 saturated carbocycles. The highest BCUT2D eigenvalue weighted by atomic mass is 16.3. The minimum absolute atomic E-state index is 0.0999. The van der Waals surface area contributed by atoms with E-state index in [1.54, 1.807) is 12.4 Å². The standard InChI is InChI=1S/C14H14N2O/c17-13-8-12(9-13)10-2-4-11(5-3-10)14-15-6-1-7-16-14/h1-7,12-13,17H,8-9H2. The van der Waals surface area contributed by atoms with Gasteiger partial charge in [-0.05, 0) is 30.4 Å². The molecule has 0 amide bonds. The number of benzene rings is 1. The summed E-state index contributed by atoms with van der Waals surface area (Å²) in [6.07, 6.45) is 5.18. The van der Waals surface area contributed by atoms with Gasteiger partial charge in [0, 0.05) is 18.0 Å². The molecule has 1 aliphatic carbocycles. The number of aliphatic hydroxyl groups excluding tert-OH is 1. The molecule has 1 aromatic heterocycles. The molecule has 3 rings (SSSR count). The highest BCUT2D eigenvalue weighted by molar-refractivity contribution is 5.55. The molecular formula is C14H14N2O. The minimum atomic E-state index is -0.0999. The lowest BCUT2D eigenvalue weighted by atomic mass is 9.77. The van der Waals surface area contributed by atoms with Crippen LogP contribution in [0.1, 0.15) is 24.3 Å². The van der Waals surface area contributed by atoms with Crippen LogP contribution in [0.2, 0.25) is 0 Å². The fourth-order valence-corrected chi connectivity index (χ4v) is 2.21. The Morgan fingerprint density at radius 2 is 1.65 bits per heavy atom. The number of hydrogen-bond acceptors (Lipinski definition) is 3. The lowest BCUT2D eigenvalue weighted by Crippen LogP contribution is -2.26. The number of rotatable bonds is 2. The van der Waals surface area contributed by atoms with Crippen molar-refractivity contribution >= 4 is 0 Å². The van der Waals surface area contributed by atoms with E-state index >= 15 is 0 Å². The van der Waals surface area contributed by atoms with Crippen LogP contribution in [0.5, 0.6) is 0 Å². The molecule has 0 radical (unpaired) electrons. The highest BCUT2D eigenvalue weighted by Crippen LogP contribution is 2.37. The molecule has 3 heteroatoms. The highest BCUT2D eigenvalue weighted by Gasteiger charge is 2.28. The predicted octanol–water partition coefficient (Wildman–Crippen LogP) is 2.38. The molecule has 0 aliphatic heterocycles. The van der Waals surface area contributed by atoms with Gasteiger partial charge in [0.1, 0.15) is 0 Å². The number of aromatic nitrogens is 2. The van der Waals surface area contributed by atoms with Crippen molar-refractivity contribution in [1.82, 2.24) is 9.97 Å². The fourth-order valence-electron chi connectivity index (χ4n) is 2.21. The first kappa shape index (κ1) is 10.4. The van der Waals surface area contributed by atoms with Crippen molar-refractivity contribution in [2.45, 2.75) is 24.9 Å². The van der Waals surface area contributed by atoms with Crippen LogP contribution >= 0.6 is 0 Å².